The summed E-state index contributed by atoms with van der Waals surface area (Å²) in [5.41, 5.74) is 0.776. The minimum absolute atomic E-state index is 0.160. The van der Waals surface area contributed by atoms with E-state index in [1.165, 1.54) is 0 Å². The average Bonchev–Trinajstić information content (AvgIpc) is 2.77. The summed E-state index contributed by atoms with van der Waals surface area (Å²) < 4.78 is 5.97. The van der Waals surface area contributed by atoms with Crippen molar-refractivity contribution in [3.63, 3.8) is 0 Å². The first-order valence-corrected chi connectivity index (χ1v) is 6.47. The molecular weight excluding hydrogens is 298 g/mol. The fourth-order valence-electron chi connectivity index (χ4n) is 1.40. The van der Waals surface area contributed by atoms with Gasteiger partial charge in [-0.25, -0.2) is 0 Å². The summed E-state index contributed by atoms with van der Waals surface area (Å²) in [4.78, 5) is 8.29. The highest BCUT2D eigenvalue weighted by atomic mass is 79.9. The van der Waals surface area contributed by atoms with E-state index in [1.54, 1.807) is 12.4 Å². The fraction of sp³-hybridized carbons (Fsp3) is 0.417. The molecule has 5 nitrogen and oxygen atoms in total. The molecule has 18 heavy (non-hydrogen) atoms. The van der Waals surface area contributed by atoms with Gasteiger partial charge in [0, 0.05) is 22.4 Å². The third kappa shape index (κ3) is 3.14. The summed E-state index contributed by atoms with van der Waals surface area (Å²) in [6.07, 6.45) is 3.25. The SMILES string of the molecule is CC(C)C(O)Cc1nc(-c2cncc(Br)c2)no1. The number of halogens is 1. The van der Waals surface area contributed by atoms with Crippen LogP contribution in [-0.2, 0) is 6.42 Å². The van der Waals surface area contributed by atoms with Gasteiger partial charge in [-0.2, -0.15) is 4.98 Å². The Morgan fingerprint density at radius 2 is 2.17 bits per heavy atom. The van der Waals surface area contributed by atoms with Crippen LogP contribution < -0.4 is 0 Å². The molecule has 0 aliphatic heterocycles. The van der Waals surface area contributed by atoms with Gasteiger partial charge in [0.2, 0.25) is 11.7 Å². The molecule has 2 aromatic rings. The third-order valence-electron chi connectivity index (χ3n) is 2.58. The first-order valence-electron chi connectivity index (χ1n) is 5.68. The van der Waals surface area contributed by atoms with E-state index < -0.39 is 6.10 Å². The Kier molecular flexibility index (Phi) is 4.08. The molecule has 2 rings (SSSR count). The van der Waals surface area contributed by atoms with Gasteiger partial charge in [-0.15, -0.1) is 0 Å². The van der Waals surface area contributed by atoms with Crippen molar-refractivity contribution < 1.29 is 9.63 Å². The van der Waals surface area contributed by atoms with Crippen molar-refractivity contribution >= 4 is 15.9 Å². The van der Waals surface area contributed by atoms with Gasteiger partial charge in [-0.05, 0) is 27.9 Å². The molecule has 1 atom stereocenters. The molecule has 1 unspecified atom stereocenters. The Balaban J connectivity index is 2.15. The van der Waals surface area contributed by atoms with Gasteiger partial charge in [-0.1, -0.05) is 19.0 Å². The normalized spacial score (nSPS) is 12.9. The first-order chi connectivity index (χ1) is 8.56. The first kappa shape index (κ1) is 13.2. The van der Waals surface area contributed by atoms with E-state index in [1.807, 2.05) is 19.9 Å². The van der Waals surface area contributed by atoms with Gasteiger partial charge in [0.05, 0.1) is 12.5 Å². The van der Waals surface area contributed by atoms with Crippen LogP contribution in [0.4, 0.5) is 0 Å². The van der Waals surface area contributed by atoms with Gasteiger partial charge in [0.25, 0.3) is 0 Å². The van der Waals surface area contributed by atoms with Crippen molar-refractivity contribution in [3.05, 3.63) is 28.8 Å². The monoisotopic (exact) mass is 311 g/mol. The van der Waals surface area contributed by atoms with E-state index in [0.29, 0.717) is 18.1 Å². The average molecular weight is 312 g/mol. The van der Waals surface area contributed by atoms with E-state index in [-0.39, 0.29) is 5.92 Å². The fourth-order valence-corrected chi connectivity index (χ4v) is 1.77. The highest BCUT2D eigenvalue weighted by Crippen LogP contribution is 2.19. The molecule has 96 valence electrons. The molecule has 0 saturated heterocycles. The van der Waals surface area contributed by atoms with Gasteiger partial charge >= 0.3 is 0 Å². The van der Waals surface area contributed by atoms with Crippen LogP contribution in [0.15, 0.2) is 27.5 Å². The molecule has 0 aromatic carbocycles. The van der Waals surface area contributed by atoms with E-state index in [4.69, 9.17) is 4.52 Å². The van der Waals surface area contributed by atoms with E-state index >= 15 is 0 Å². The second-order valence-electron chi connectivity index (χ2n) is 4.42. The molecule has 6 heteroatoms. The van der Waals surface area contributed by atoms with Crippen LogP contribution in [0.3, 0.4) is 0 Å². The third-order valence-corrected chi connectivity index (χ3v) is 3.02. The molecule has 2 heterocycles. The van der Waals surface area contributed by atoms with Gasteiger partial charge in [0.15, 0.2) is 0 Å². The molecule has 0 spiro atoms. The smallest absolute Gasteiger partial charge is 0.229 e. The summed E-state index contributed by atoms with van der Waals surface area (Å²) in [7, 11) is 0. The van der Waals surface area contributed by atoms with Crippen LogP contribution in [-0.4, -0.2) is 26.3 Å². The Morgan fingerprint density at radius 3 is 2.83 bits per heavy atom. The van der Waals surface area contributed by atoms with Crippen molar-refractivity contribution in [1.29, 1.82) is 0 Å². The zero-order valence-corrected chi connectivity index (χ0v) is 11.8. The predicted octanol–water partition coefficient (Wildman–Crippen LogP) is 2.45. The van der Waals surface area contributed by atoms with Crippen molar-refractivity contribution in [3.8, 4) is 11.4 Å². The van der Waals surface area contributed by atoms with E-state index in [9.17, 15) is 5.11 Å². The number of nitrogens with zero attached hydrogens (tertiary/aromatic N) is 3. The quantitative estimate of drug-likeness (QED) is 0.939. The maximum atomic E-state index is 9.76. The lowest BCUT2D eigenvalue weighted by Crippen LogP contribution is -2.17. The Bertz CT molecular complexity index is 528. The van der Waals surface area contributed by atoms with Crippen LogP contribution in [0.2, 0.25) is 0 Å². The summed E-state index contributed by atoms with van der Waals surface area (Å²) in [5.74, 6) is 1.08. The van der Waals surface area contributed by atoms with Crippen LogP contribution in [0.5, 0.6) is 0 Å². The van der Waals surface area contributed by atoms with Crippen molar-refractivity contribution in [2.24, 2.45) is 5.92 Å². The molecule has 0 aliphatic carbocycles. The molecule has 0 saturated carbocycles. The highest BCUT2D eigenvalue weighted by Gasteiger charge is 2.16. The minimum atomic E-state index is -0.473. The van der Waals surface area contributed by atoms with Crippen molar-refractivity contribution in [2.45, 2.75) is 26.4 Å². The lowest BCUT2D eigenvalue weighted by atomic mass is 10.0. The van der Waals surface area contributed by atoms with Gasteiger partial charge in [0.1, 0.15) is 0 Å². The maximum absolute atomic E-state index is 9.76. The topological polar surface area (TPSA) is 72.0 Å². The predicted molar refractivity (Wildman–Crippen MR) is 69.8 cm³/mol. The molecule has 2 aromatic heterocycles. The van der Waals surface area contributed by atoms with Crippen LogP contribution in [0.25, 0.3) is 11.4 Å². The van der Waals surface area contributed by atoms with Crippen molar-refractivity contribution in [1.82, 2.24) is 15.1 Å². The second-order valence-corrected chi connectivity index (χ2v) is 5.33. The maximum Gasteiger partial charge on any atom is 0.229 e. The standard InChI is InChI=1S/C12H14BrN3O2/c1-7(2)10(17)4-11-15-12(16-18-11)8-3-9(13)6-14-5-8/h3,5-7,10,17H,4H2,1-2H3. The Hall–Kier alpha value is -1.27. The molecule has 0 bridgehead atoms. The molecular formula is C12H14BrN3O2. The Morgan fingerprint density at radius 1 is 1.39 bits per heavy atom. The summed E-state index contributed by atoms with van der Waals surface area (Å²) in [5, 5.41) is 13.6. The van der Waals surface area contributed by atoms with Crippen molar-refractivity contribution in [2.75, 3.05) is 0 Å². The number of hydrogen-bond donors (Lipinski definition) is 1. The Labute approximate surface area is 113 Å². The highest BCUT2D eigenvalue weighted by molar-refractivity contribution is 9.10. The summed E-state index contributed by atoms with van der Waals surface area (Å²) in [6, 6.07) is 1.86. The number of aliphatic hydroxyl groups excluding tert-OH is 1. The molecule has 1 N–H and O–H groups in total. The lowest BCUT2D eigenvalue weighted by molar-refractivity contribution is 0.116. The second kappa shape index (κ2) is 5.58. The number of hydrogen-bond acceptors (Lipinski definition) is 5. The van der Waals surface area contributed by atoms with E-state index in [2.05, 4.69) is 31.1 Å². The zero-order chi connectivity index (χ0) is 13.1. The van der Waals surface area contributed by atoms with Gasteiger partial charge < -0.3 is 9.63 Å². The van der Waals surface area contributed by atoms with Crippen LogP contribution in [0.1, 0.15) is 19.7 Å². The molecule has 0 aliphatic rings. The lowest BCUT2D eigenvalue weighted by Gasteiger charge is -2.10. The molecule has 0 radical (unpaired) electrons. The summed E-state index contributed by atoms with van der Waals surface area (Å²) in [6.45, 7) is 3.89. The summed E-state index contributed by atoms with van der Waals surface area (Å²) >= 11 is 3.34. The number of aliphatic hydroxyl groups is 1. The molecule has 0 amide bonds. The minimum Gasteiger partial charge on any atom is -0.392 e. The number of rotatable bonds is 4. The zero-order valence-electron chi connectivity index (χ0n) is 10.2. The van der Waals surface area contributed by atoms with E-state index in [0.717, 1.165) is 10.0 Å². The van der Waals surface area contributed by atoms with Crippen LogP contribution in [0, 0.1) is 5.92 Å². The number of aromatic nitrogens is 3. The van der Waals surface area contributed by atoms with Gasteiger partial charge in [-0.3, -0.25) is 4.98 Å². The number of pyridine rings is 1. The molecule has 0 fully saturated rings. The largest absolute Gasteiger partial charge is 0.392 e. The van der Waals surface area contributed by atoms with Crippen LogP contribution >= 0.6 is 15.9 Å².